The van der Waals surface area contributed by atoms with Gasteiger partial charge in [-0.2, -0.15) is 5.10 Å². The molecule has 0 spiro atoms. The minimum atomic E-state index is 0.164. The van der Waals surface area contributed by atoms with Crippen LogP contribution in [0.5, 0.6) is 0 Å². The van der Waals surface area contributed by atoms with Crippen molar-refractivity contribution in [1.29, 1.82) is 0 Å². The van der Waals surface area contributed by atoms with Gasteiger partial charge in [-0.25, -0.2) is 4.68 Å². The van der Waals surface area contributed by atoms with Crippen LogP contribution < -0.4 is 0 Å². The van der Waals surface area contributed by atoms with Crippen LogP contribution in [0.25, 0.3) is 5.69 Å². The van der Waals surface area contributed by atoms with Crippen molar-refractivity contribution in [3.05, 3.63) is 48.3 Å². The summed E-state index contributed by atoms with van der Waals surface area (Å²) in [6.07, 6.45) is 8.27. The van der Waals surface area contributed by atoms with E-state index in [1.165, 1.54) is 6.42 Å². The standard InChI is InChI=1S/C22H28N4O2/c27-22(18-3-1-4-20(13-18)26-10-2-9-23-26)25-15-17-5-6-21(25)16-24(14-17)19-7-11-28-12-8-19/h1-4,9-10,13,17,19,21H,5-8,11-12,14-16H2/t17-,21+/m0/s1. The monoisotopic (exact) mass is 380 g/mol. The first kappa shape index (κ1) is 17.9. The first-order chi connectivity index (χ1) is 13.8. The van der Waals surface area contributed by atoms with Crippen LogP contribution >= 0.6 is 0 Å². The molecule has 4 aliphatic rings. The molecule has 6 nitrogen and oxygen atoms in total. The third-order valence-corrected chi connectivity index (χ3v) is 6.57. The zero-order chi connectivity index (χ0) is 18.9. The largest absolute Gasteiger partial charge is 0.381 e. The molecule has 1 amide bonds. The van der Waals surface area contributed by atoms with Gasteiger partial charge in [0.2, 0.25) is 0 Å². The van der Waals surface area contributed by atoms with Crippen molar-refractivity contribution in [1.82, 2.24) is 19.6 Å². The highest BCUT2D eigenvalue weighted by atomic mass is 16.5. The van der Waals surface area contributed by atoms with E-state index in [-0.39, 0.29) is 5.91 Å². The van der Waals surface area contributed by atoms with Crippen LogP contribution in [0.2, 0.25) is 0 Å². The number of benzene rings is 1. The van der Waals surface area contributed by atoms with Crippen molar-refractivity contribution in [2.75, 3.05) is 32.8 Å². The van der Waals surface area contributed by atoms with Gasteiger partial charge in [-0.3, -0.25) is 9.69 Å². The second kappa shape index (κ2) is 7.68. The first-order valence-corrected chi connectivity index (χ1v) is 10.5. The summed E-state index contributed by atoms with van der Waals surface area (Å²) in [6, 6.07) is 10.7. The number of fused-ring (bicyclic) bond motifs is 4. The highest BCUT2D eigenvalue weighted by Crippen LogP contribution is 2.31. The second-order valence-corrected chi connectivity index (χ2v) is 8.35. The van der Waals surface area contributed by atoms with E-state index in [1.807, 2.05) is 36.5 Å². The molecule has 0 aliphatic carbocycles. The Morgan fingerprint density at radius 2 is 1.89 bits per heavy atom. The van der Waals surface area contributed by atoms with Crippen molar-refractivity contribution < 1.29 is 9.53 Å². The van der Waals surface area contributed by atoms with Gasteiger partial charge in [0.25, 0.3) is 5.91 Å². The van der Waals surface area contributed by atoms with Gasteiger partial charge in [-0.1, -0.05) is 6.07 Å². The zero-order valence-electron chi connectivity index (χ0n) is 16.2. The molecule has 28 heavy (non-hydrogen) atoms. The van der Waals surface area contributed by atoms with Crippen LogP contribution in [0, 0.1) is 5.92 Å². The number of rotatable bonds is 3. The fraction of sp³-hybridized carbons (Fsp3) is 0.545. The Morgan fingerprint density at radius 1 is 1.00 bits per heavy atom. The Bertz CT molecular complexity index is 816. The summed E-state index contributed by atoms with van der Waals surface area (Å²) < 4.78 is 7.36. The van der Waals surface area contributed by atoms with Gasteiger partial charge in [0.05, 0.1) is 5.69 Å². The predicted octanol–water partition coefficient (Wildman–Crippen LogP) is 2.59. The molecule has 2 aromatic rings. The lowest BCUT2D eigenvalue weighted by molar-refractivity contribution is 0.0304. The molecule has 0 saturated carbocycles. The van der Waals surface area contributed by atoms with E-state index in [4.69, 9.17) is 4.74 Å². The molecule has 5 heterocycles. The molecular weight excluding hydrogens is 352 g/mol. The second-order valence-electron chi connectivity index (χ2n) is 8.35. The Morgan fingerprint density at radius 3 is 2.71 bits per heavy atom. The average Bonchev–Trinajstić information content (AvgIpc) is 3.14. The van der Waals surface area contributed by atoms with Gasteiger partial charge in [0.15, 0.2) is 0 Å². The topological polar surface area (TPSA) is 50.6 Å². The maximum absolute atomic E-state index is 13.4. The number of aromatic nitrogens is 2. The summed E-state index contributed by atoms with van der Waals surface area (Å²) in [4.78, 5) is 18.2. The van der Waals surface area contributed by atoms with E-state index in [0.717, 1.165) is 63.4 Å². The van der Waals surface area contributed by atoms with E-state index in [0.29, 0.717) is 18.0 Å². The lowest BCUT2D eigenvalue weighted by atomic mass is 9.94. The van der Waals surface area contributed by atoms with E-state index in [2.05, 4.69) is 14.9 Å². The highest BCUT2D eigenvalue weighted by molar-refractivity contribution is 5.95. The zero-order valence-corrected chi connectivity index (χ0v) is 16.2. The summed E-state index contributed by atoms with van der Waals surface area (Å²) in [5.41, 5.74) is 1.69. The predicted molar refractivity (Wildman–Crippen MR) is 107 cm³/mol. The number of nitrogens with zero attached hydrogens (tertiary/aromatic N) is 4. The number of hydrogen-bond donors (Lipinski definition) is 0. The van der Waals surface area contributed by atoms with Gasteiger partial charge in [0.1, 0.15) is 0 Å². The van der Waals surface area contributed by atoms with Crippen molar-refractivity contribution in [2.45, 2.75) is 37.8 Å². The number of carbonyl (C=O) groups is 1. The van der Waals surface area contributed by atoms with Crippen molar-refractivity contribution in [2.24, 2.45) is 5.92 Å². The summed E-state index contributed by atoms with van der Waals surface area (Å²) in [5.74, 6) is 0.748. The van der Waals surface area contributed by atoms with Gasteiger partial charge >= 0.3 is 0 Å². The fourth-order valence-electron chi connectivity index (χ4n) is 5.08. The molecule has 6 rings (SSSR count). The summed E-state index contributed by atoms with van der Waals surface area (Å²) in [5, 5.41) is 4.29. The lowest BCUT2D eigenvalue weighted by Crippen LogP contribution is -2.48. The molecule has 6 heteroatoms. The summed E-state index contributed by atoms with van der Waals surface area (Å²) in [7, 11) is 0. The SMILES string of the molecule is O=C(c1cccc(-n2cccn2)c1)N1C[C@H]2CC[C@@H]1CN(C1CCOCC1)C2. The van der Waals surface area contributed by atoms with Crippen molar-refractivity contribution in [3.63, 3.8) is 0 Å². The van der Waals surface area contributed by atoms with Crippen LogP contribution in [0.15, 0.2) is 42.7 Å². The molecule has 1 aromatic carbocycles. The Balaban J connectivity index is 1.35. The van der Waals surface area contributed by atoms with Crippen molar-refractivity contribution in [3.8, 4) is 5.69 Å². The van der Waals surface area contributed by atoms with Gasteiger partial charge in [0, 0.05) is 62.9 Å². The highest BCUT2D eigenvalue weighted by Gasteiger charge is 2.39. The molecule has 2 bridgehead atoms. The minimum Gasteiger partial charge on any atom is -0.381 e. The van der Waals surface area contributed by atoms with Gasteiger partial charge < -0.3 is 9.64 Å². The maximum Gasteiger partial charge on any atom is 0.254 e. The van der Waals surface area contributed by atoms with Crippen LogP contribution in [0.4, 0.5) is 0 Å². The average molecular weight is 380 g/mol. The van der Waals surface area contributed by atoms with E-state index in [1.54, 1.807) is 10.9 Å². The van der Waals surface area contributed by atoms with Crippen molar-refractivity contribution >= 4 is 5.91 Å². The molecule has 148 valence electrons. The smallest absolute Gasteiger partial charge is 0.254 e. The lowest BCUT2D eigenvalue weighted by Gasteiger charge is -2.37. The third-order valence-electron chi connectivity index (χ3n) is 6.57. The summed E-state index contributed by atoms with van der Waals surface area (Å²) >= 11 is 0. The minimum absolute atomic E-state index is 0.164. The Hall–Kier alpha value is -2.18. The van der Waals surface area contributed by atoms with Crippen LogP contribution in [-0.2, 0) is 4.74 Å². The Kier molecular flexibility index (Phi) is 4.91. The van der Waals surface area contributed by atoms with Crippen LogP contribution in [0.1, 0.15) is 36.0 Å². The molecule has 4 saturated heterocycles. The van der Waals surface area contributed by atoms with Crippen LogP contribution in [0.3, 0.4) is 0 Å². The number of hydrogen-bond acceptors (Lipinski definition) is 4. The third kappa shape index (κ3) is 3.47. The van der Waals surface area contributed by atoms with E-state index in [9.17, 15) is 4.79 Å². The number of amides is 1. The fourth-order valence-corrected chi connectivity index (χ4v) is 5.08. The molecule has 0 unspecified atom stereocenters. The number of ether oxygens (including phenoxy) is 1. The van der Waals surface area contributed by atoms with E-state index >= 15 is 0 Å². The normalized spacial score (nSPS) is 26.4. The molecule has 4 fully saturated rings. The number of carbonyl (C=O) groups excluding carboxylic acids is 1. The molecule has 0 N–H and O–H groups in total. The van der Waals surface area contributed by atoms with E-state index < -0.39 is 0 Å². The molecule has 0 radical (unpaired) electrons. The van der Waals surface area contributed by atoms with Gasteiger partial charge in [-0.05, 0) is 55.9 Å². The molecule has 4 aliphatic heterocycles. The quantitative estimate of drug-likeness (QED) is 0.821. The molecule has 2 atom stereocenters. The first-order valence-electron chi connectivity index (χ1n) is 10.5. The summed E-state index contributed by atoms with van der Waals surface area (Å²) in [6.45, 7) is 4.76. The number of piperidine rings is 1. The Labute approximate surface area is 166 Å². The van der Waals surface area contributed by atoms with Crippen LogP contribution in [-0.4, -0.2) is 70.4 Å². The molecular formula is C22H28N4O2. The maximum atomic E-state index is 13.4. The van der Waals surface area contributed by atoms with Gasteiger partial charge in [-0.15, -0.1) is 0 Å². The molecule has 1 aromatic heterocycles.